The molecule has 1 unspecified atom stereocenters. The molecule has 1 heterocycles. The van der Waals surface area contributed by atoms with Crippen LogP contribution in [0.3, 0.4) is 0 Å². The Morgan fingerprint density at radius 2 is 1.95 bits per heavy atom. The fraction of sp³-hybridized carbons (Fsp3) is 0.438. The number of aromatic nitrogens is 2. The second kappa shape index (κ2) is 4.82. The zero-order valence-electron chi connectivity index (χ0n) is 11.5. The van der Waals surface area contributed by atoms with Gasteiger partial charge in [0.25, 0.3) is 0 Å². The van der Waals surface area contributed by atoms with Crippen LogP contribution in [0.25, 0.3) is 0 Å². The molecule has 0 aliphatic heterocycles. The first kappa shape index (κ1) is 12.4. The lowest BCUT2D eigenvalue weighted by atomic mass is 9.80. The summed E-state index contributed by atoms with van der Waals surface area (Å²) in [7, 11) is 1.88. The van der Waals surface area contributed by atoms with E-state index in [1.165, 1.54) is 24.8 Å². The quantitative estimate of drug-likeness (QED) is 0.916. The van der Waals surface area contributed by atoms with Crippen molar-refractivity contribution in [1.29, 1.82) is 0 Å². The molecule has 1 aromatic carbocycles. The molecule has 1 saturated carbocycles. The molecule has 3 heteroatoms. The predicted octanol–water partition coefficient (Wildman–Crippen LogP) is 3.08. The summed E-state index contributed by atoms with van der Waals surface area (Å²) in [5.41, 5.74) is 4.13. The molecule has 1 atom stereocenters. The van der Waals surface area contributed by atoms with Crippen LogP contribution in [-0.2, 0) is 7.05 Å². The van der Waals surface area contributed by atoms with Crippen molar-refractivity contribution in [2.24, 2.45) is 7.05 Å². The first-order valence-corrected chi connectivity index (χ1v) is 6.93. The number of nitrogens with zero attached hydrogens (tertiary/aromatic N) is 2. The summed E-state index contributed by atoms with van der Waals surface area (Å²) in [6.07, 6.45) is 5.28. The Morgan fingerprint density at radius 1 is 1.26 bits per heavy atom. The standard InChI is InChI=1S/C16H20N2O/c1-11-15(10-18(2)17-11)16(19)14-8-6-13(7-9-14)12-4-3-5-12/h6-10,12,16,19H,3-5H2,1-2H3. The van der Waals surface area contributed by atoms with Crippen LogP contribution in [0.4, 0.5) is 0 Å². The number of aliphatic hydroxyl groups excluding tert-OH is 1. The minimum atomic E-state index is -0.579. The molecule has 1 aliphatic rings. The molecule has 3 rings (SSSR count). The van der Waals surface area contributed by atoms with Crippen molar-refractivity contribution in [2.75, 3.05) is 0 Å². The van der Waals surface area contributed by atoms with Crippen LogP contribution in [0.2, 0.25) is 0 Å². The minimum Gasteiger partial charge on any atom is -0.384 e. The van der Waals surface area contributed by atoms with Gasteiger partial charge in [0.2, 0.25) is 0 Å². The Labute approximate surface area is 113 Å². The van der Waals surface area contributed by atoms with Crippen molar-refractivity contribution in [3.8, 4) is 0 Å². The van der Waals surface area contributed by atoms with Crippen molar-refractivity contribution < 1.29 is 5.11 Å². The van der Waals surface area contributed by atoms with E-state index in [1.54, 1.807) is 4.68 Å². The Hall–Kier alpha value is -1.61. The van der Waals surface area contributed by atoms with Gasteiger partial charge in [-0.25, -0.2) is 0 Å². The van der Waals surface area contributed by atoms with Crippen LogP contribution in [0, 0.1) is 6.92 Å². The van der Waals surface area contributed by atoms with Gasteiger partial charge in [0.05, 0.1) is 5.69 Å². The summed E-state index contributed by atoms with van der Waals surface area (Å²) in [4.78, 5) is 0. The van der Waals surface area contributed by atoms with Crippen molar-refractivity contribution in [2.45, 2.75) is 38.2 Å². The first-order valence-electron chi connectivity index (χ1n) is 6.93. The van der Waals surface area contributed by atoms with E-state index in [2.05, 4.69) is 17.2 Å². The van der Waals surface area contributed by atoms with Gasteiger partial charge >= 0.3 is 0 Å². The maximum atomic E-state index is 10.4. The van der Waals surface area contributed by atoms with Crippen LogP contribution >= 0.6 is 0 Å². The summed E-state index contributed by atoms with van der Waals surface area (Å²) in [5, 5.41) is 14.7. The Bertz CT molecular complexity index is 567. The van der Waals surface area contributed by atoms with Crippen LogP contribution in [0.15, 0.2) is 30.5 Å². The predicted molar refractivity (Wildman–Crippen MR) is 75.0 cm³/mol. The third-order valence-electron chi connectivity index (χ3n) is 4.17. The van der Waals surface area contributed by atoms with Gasteiger partial charge in [-0.3, -0.25) is 4.68 Å². The molecular weight excluding hydrogens is 236 g/mol. The monoisotopic (exact) mass is 256 g/mol. The highest BCUT2D eigenvalue weighted by Crippen LogP contribution is 2.36. The fourth-order valence-electron chi connectivity index (χ4n) is 2.76. The van der Waals surface area contributed by atoms with Gasteiger partial charge in [-0.05, 0) is 36.8 Å². The number of aliphatic hydroxyl groups is 1. The van der Waals surface area contributed by atoms with E-state index in [1.807, 2.05) is 32.3 Å². The second-order valence-corrected chi connectivity index (χ2v) is 5.54. The third kappa shape index (κ3) is 2.30. The highest BCUT2D eigenvalue weighted by molar-refractivity contribution is 5.34. The molecule has 2 aromatic rings. The topological polar surface area (TPSA) is 38.0 Å². The average Bonchev–Trinajstić information content (AvgIpc) is 2.66. The van der Waals surface area contributed by atoms with E-state index in [9.17, 15) is 5.11 Å². The molecule has 19 heavy (non-hydrogen) atoms. The third-order valence-corrected chi connectivity index (χ3v) is 4.17. The molecule has 1 fully saturated rings. The summed E-state index contributed by atoms with van der Waals surface area (Å²) in [6, 6.07) is 8.41. The van der Waals surface area contributed by atoms with Gasteiger partial charge in [0.15, 0.2) is 0 Å². The lowest BCUT2D eigenvalue weighted by molar-refractivity contribution is 0.219. The van der Waals surface area contributed by atoms with Gasteiger partial charge in [-0.1, -0.05) is 30.7 Å². The van der Waals surface area contributed by atoms with Gasteiger partial charge < -0.3 is 5.11 Å². The fourth-order valence-corrected chi connectivity index (χ4v) is 2.76. The summed E-state index contributed by atoms with van der Waals surface area (Å²) < 4.78 is 1.75. The zero-order valence-corrected chi connectivity index (χ0v) is 11.5. The molecule has 100 valence electrons. The number of hydrogen-bond donors (Lipinski definition) is 1. The number of benzene rings is 1. The minimum absolute atomic E-state index is 0.579. The molecular formula is C16H20N2O. The molecule has 3 nitrogen and oxygen atoms in total. The highest BCUT2D eigenvalue weighted by Gasteiger charge is 2.20. The van der Waals surface area contributed by atoms with Gasteiger partial charge in [-0.15, -0.1) is 0 Å². The average molecular weight is 256 g/mol. The molecule has 0 bridgehead atoms. The molecule has 0 saturated heterocycles. The van der Waals surface area contributed by atoms with Crippen molar-refractivity contribution in [3.63, 3.8) is 0 Å². The van der Waals surface area contributed by atoms with E-state index >= 15 is 0 Å². The molecule has 1 aliphatic carbocycles. The summed E-state index contributed by atoms with van der Waals surface area (Å²) in [5.74, 6) is 0.742. The number of rotatable bonds is 3. The SMILES string of the molecule is Cc1nn(C)cc1C(O)c1ccc(C2CCC2)cc1. The maximum Gasteiger partial charge on any atom is 0.107 e. The lowest BCUT2D eigenvalue weighted by Crippen LogP contribution is -2.09. The van der Waals surface area contributed by atoms with Crippen molar-refractivity contribution in [1.82, 2.24) is 9.78 Å². The van der Waals surface area contributed by atoms with Gasteiger partial charge in [0.1, 0.15) is 6.10 Å². The van der Waals surface area contributed by atoms with Crippen molar-refractivity contribution in [3.05, 3.63) is 52.8 Å². The van der Waals surface area contributed by atoms with E-state index in [-0.39, 0.29) is 0 Å². The van der Waals surface area contributed by atoms with Crippen molar-refractivity contribution >= 4 is 0 Å². The maximum absolute atomic E-state index is 10.4. The van der Waals surface area contributed by atoms with E-state index in [4.69, 9.17) is 0 Å². The number of hydrogen-bond acceptors (Lipinski definition) is 2. The Kier molecular flexibility index (Phi) is 3.15. The van der Waals surface area contributed by atoms with Gasteiger partial charge in [-0.2, -0.15) is 5.10 Å². The largest absolute Gasteiger partial charge is 0.384 e. The molecule has 0 amide bonds. The highest BCUT2D eigenvalue weighted by atomic mass is 16.3. The lowest BCUT2D eigenvalue weighted by Gasteiger charge is -2.26. The zero-order chi connectivity index (χ0) is 13.4. The van der Waals surface area contributed by atoms with Crippen LogP contribution in [0.5, 0.6) is 0 Å². The van der Waals surface area contributed by atoms with E-state index < -0.39 is 6.10 Å². The van der Waals surface area contributed by atoms with Crippen LogP contribution in [-0.4, -0.2) is 14.9 Å². The summed E-state index contributed by atoms with van der Waals surface area (Å²) >= 11 is 0. The molecule has 0 radical (unpaired) electrons. The van der Waals surface area contributed by atoms with Crippen LogP contribution < -0.4 is 0 Å². The number of aryl methyl sites for hydroxylation is 2. The normalized spacial score (nSPS) is 17.2. The van der Waals surface area contributed by atoms with E-state index in [0.717, 1.165) is 22.7 Å². The van der Waals surface area contributed by atoms with E-state index in [0.29, 0.717) is 0 Å². The van der Waals surface area contributed by atoms with Crippen LogP contribution in [0.1, 0.15) is 53.7 Å². The Balaban J connectivity index is 1.83. The molecule has 1 N–H and O–H groups in total. The summed E-state index contributed by atoms with van der Waals surface area (Å²) in [6.45, 7) is 1.93. The molecule has 1 aromatic heterocycles. The second-order valence-electron chi connectivity index (χ2n) is 5.54. The smallest absolute Gasteiger partial charge is 0.107 e. The van der Waals surface area contributed by atoms with Gasteiger partial charge in [0, 0.05) is 18.8 Å². The first-order chi connectivity index (χ1) is 9.15. The molecule has 0 spiro atoms. The Morgan fingerprint density at radius 3 is 2.42 bits per heavy atom.